The van der Waals surface area contributed by atoms with E-state index in [1.54, 1.807) is 20.8 Å². The summed E-state index contributed by atoms with van der Waals surface area (Å²) in [5.41, 5.74) is 1.48. The Morgan fingerprint density at radius 2 is 1.82 bits per heavy atom. The van der Waals surface area contributed by atoms with Crippen LogP contribution in [0.3, 0.4) is 0 Å². The second-order valence-electron chi connectivity index (χ2n) is 15.4. The molecule has 0 spiro atoms. The predicted molar refractivity (Wildman–Crippen MR) is 159 cm³/mol. The molecular formula is C34H57NO5. The summed E-state index contributed by atoms with van der Waals surface area (Å²) in [7, 11) is 0. The molecule has 40 heavy (non-hydrogen) atoms. The first kappa shape index (κ1) is 31.4. The number of aliphatic hydroxyl groups excluding tert-OH is 1. The number of allylic oxidation sites excluding steroid dienone is 1. The van der Waals surface area contributed by atoms with Crippen LogP contribution in [0, 0.1) is 40.4 Å². The smallest absolute Gasteiger partial charge is 0.408 e. The van der Waals surface area contributed by atoms with Gasteiger partial charge in [0.05, 0.1) is 6.61 Å². The van der Waals surface area contributed by atoms with Crippen LogP contribution >= 0.6 is 0 Å². The number of alkyl carbamates (subject to hydrolysis) is 1. The molecule has 0 aromatic carbocycles. The average molecular weight is 560 g/mol. The molecule has 0 bridgehead atoms. The lowest BCUT2D eigenvalue weighted by Crippen LogP contribution is -2.51. The van der Waals surface area contributed by atoms with E-state index in [1.165, 1.54) is 56.9 Å². The van der Waals surface area contributed by atoms with E-state index in [4.69, 9.17) is 9.47 Å². The van der Waals surface area contributed by atoms with Crippen molar-refractivity contribution in [1.29, 1.82) is 0 Å². The summed E-state index contributed by atoms with van der Waals surface area (Å²) < 4.78 is 11.1. The van der Waals surface area contributed by atoms with Gasteiger partial charge in [0.25, 0.3) is 0 Å². The number of nitrogens with one attached hydrogen (secondary N) is 1. The summed E-state index contributed by atoms with van der Waals surface area (Å²) in [6, 6.07) is -1.12. The fraction of sp³-hybridized carbons (Fsp3) is 0.882. The molecule has 8 atom stereocenters. The van der Waals surface area contributed by atoms with Crippen LogP contribution < -0.4 is 5.32 Å². The highest BCUT2D eigenvalue weighted by Gasteiger charge is 2.58. The van der Waals surface area contributed by atoms with Gasteiger partial charge in [-0.15, -0.1) is 0 Å². The van der Waals surface area contributed by atoms with Crippen LogP contribution in [-0.2, 0) is 14.3 Å². The highest BCUT2D eigenvalue weighted by molar-refractivity contribution is 5.81. The molecule has 1 amide bonds. The number of rotatable bonds is 9. The topological polar surface area (TPSA) is 84.9 Å². The van der Waals surface area contributed by atoms with Crippen molar-refractivity contribution in [2.24, 2.45) is 40.4 Å². The summed E-state index contributed by atoms with van der Waals surface area (Å²) >= 11 is 0. The standard InChI is InChI=1S/C34H57NO5/c1-22(2)10-8-9-11-23-13-15-27-26-14-12-24-20-25(16-18-34(24,7)28(26)17-19-33(23,27)6)39-30(37)29(21-36)35-31(38)40-32(3,4)5/h12,22-23,25-29,36H,8-11,13-21H2,1-7H3,(H,35,38). The molecule has 0 radical (unpaired) electrons. The Hall–Kier alpha value is -1.56. The lowest BCUT2D eigenvalue weighted by atomic mass is 9.47. The molecule has 0 aliphatic heterocycles. The van der Waals surface area contributed by atoms with Crippen molar-refractivity contribution < 1.29 is 24.2 Å². The number of carbonyl (C=O) groups excluding carboxylic acids is 2. The number of ether oxygens (including phenoxy) is 2. The van der Waals surface area contributed by atoms with Crippen LogP contribution in [0.15, 0.2) is 11.6 Å². The van der Waals surface area contributed by atoms with Crippen LogP contribution in [0.5, 0.6) is 0 Å². The number of aliphatic hydroxyl groups is 1. The lowest BCUT2D eigenvalue weighted by Gasteiger charge is -2.58. The van der Waals surface area contributed by atoms with Gasteiger partial charge in [-0.3, -0.25) is 0 Å². The summed E-state index contributed by atoms with van der Waals surface area (Å²) in [4.78, 5) is 25.0. The van der Waals surface area contributed by atoms with Gasteiger partial charge in [-0.05, 0) is 113 Å². The van der Waals surface area contributed by atoms with Crippen LogP contribution in [0.1, 0.15) is 126 Å². The number of unbranched alkanes of at least 4 members (excludes halogenated alkanes) is 1. The van der Waals surface area contributed by atoms with Crippen LogP contribution in [0.2, 0.25) is 0 Å². The molecule has 0 aromatic rings. The third-order valence-corrected chi connectivity index (χ3v) is 11.3. The summed E-state index contributed by atoms with van der Waals surface area (Å²) in [6.07, 6.45) is 16.4. The maximum absolute atomic E-state index is 12.9. The zero-order valence-corrected chi connectivity index (χ0v) is 26.4. The SMILES string of the molecule is CC(C)CCCCC1CCC2C3CC=C4CC(OC(=O)C(CO)NC(=O)OC(C)(C)C)CCC4(C)C3CCC12C. The number of carbonyl (C=O) groups is 2. The predicted octanol–water partition coefficient (Wildman–Crippen LogP) is 7.58. The molecule has 228 valence electrons. The van der Waals surface area contributed by atoms with Gasteiger partial charge in [-0.2, -0.15) is 0 Å². The first-order valence-corrected chi connectivity index (χ1v) is 16.3. The van der Waals surface area contributed by atoms with Crippen molar-refractivity contribution in [2.75, 3.05) is 6.61 Å². The fourth-order valence-electron chi connectivity index (χ4n) is 9.13. The van der Waals surface area contributed by atoms with Crippen molar-refractivity contribution in [3.63, 3.8) is 0 Å². The highest BCUT2D eigenvalue weighted by Crippen LogP contribution is 2.66. The summed E-state index contributed by atoms with van der Waals surface area (Å²) in [5.74, 6) is 3.47. The van der Waals surface area contributed by atoms with Gasteiger partial charge in [0.1, 0.15) is 11.7 Å². The normalized spacial score (nSPS) is 36.1. The number of hydrogen-bond donors (Lipinski definition) is 2. The number of fused-ring (bicyclic) bond motifs is 5. The van der Waals surface area contributed by atoms with E-state index >= 15 is 0 Å². The maximum atomic E-state index is 12.9. The third kappa shape index (κ3) is 6.73. The van der Waals surface area contributed by atoms with Crippen LogP contribution in [-0.4, -0.2) is 41.5 Å². The minimum atomic E-state index is -1.12. The molecule has 4 rings (SSSR count). The van der Waals surface area contributed by atoms with Gasteiger partial charge in [0.15, 0.2) is 6.04 Å². The van der Waals surface area contributed by atoms with Crippen LogP contribution in [0.4, 0.5) is 4.79 Å². The van der Waals surface area contributed by atoms with Crippen molar-refractivity contribution in [1.82, 2.24) is 5.32 Å². The van der Waals surface area contributed by atoms with Gasteiger partial charge < -0.3 is 19.9 Å². The molecule has 0 aromatic heterocycles. The van der Waals surface area contributed by atoms with Gasteiger partial charge in [0.2, 0.25) is 0 Å². The Labute approximate surface area is 243 Å². The molecule has 4 aliphatic carbocycles. The van der Waals surface area contributed by atoms with E-state index in [9.17, 15) is 14.7 Å². The second-order valence-corrected chi connectivity index (χ2v) is 15.4. The first-order chi connectivity index (χ1) is 18.8. The molecule has 0 saturated heterocycles. The number of hydrogen-bond acceptors (Lipinski definition) is 5. The number of amides is 1. The van der Waals surface area contributed by atoms with Crippen LogP contribution in [0.25, 0.3) is 0 Å². The summed E-state index contributed by atoms with van der Waals surface area (Å²) in [6.45, 7) is 14.5. The average Bonchev–Trinajstić information content (AvgIpc) is 3.20. The van der Waals surface area contributed by atoms with Crippen molar-refractivity contribution >= 4 is 12.1 Å². The van der Waals surface area contributed by atoms with Crippen molar-refractivity contribution in [3.05, 3.63) is 11.6 Å². The van der Waals surface area contributed by atoms with E-state index in [-0.39, 0.29) is 11.5 Å². The second kappa shape index (κ2) is 12.4. The minimum Gasteiger partial charge on any atom is -0.460 e. The molecule has 0 heterocycles. The van der Waals surface area contributed by atoms with E-state index in [1.807, 2.05) is 0 Å². The first-order valence-electron chi connectivity index (χ1n) is 16.3. The van der Waals surface area contributed by atoms with E-state index < -0.39 is 30.3 Å². The molecule has 6 nitrogen and oxygen atoms in total. The van der Waals surface area contributed by atoms with Gasteiger partial charge >= 0.3 is 12.1 Å². The Morgan fingerprint density at radius 1 is 1.07 bits per heavy atom. The van der Waals surface area contributed by atoms with E-state index in [2.05, 4.69) is 39.1 Å². The maximum Gasteiger partial charge on any atom is 0.408 e. The Bertz CT molecular complexity index is 937. The Kier molecular flexibility index (Phi) is 9.69. The Morgan fingerprint density at radius 3 is 2.50 bits per heavy atom. The molecule has 3 saturated carbocycles. The fourth-order valence-corrected chi connectivity index (χ4v) is 9.13. The zero-order chi connectivity index (χ0) is 29.3. The molecule has 4 aliphatic rings. The Balaban J connectivity index is 1.35. The highest BCUT2D eigenvalue weighted by atomic mass is 16.6. The van der Waals surface area contributed by atoms with Gasteiger partial charge in [-0.25, -0.2) is 9.59 Å². The van der Waals surface area contributed by atoms with Crippen molar-refractivity contribution in [2.45, 2.75) is 143 Å². The third-order valence-electron chi connectivity index (χ3n) is 11.3. The monoisotopic (exact) mass is 559 g/mol. The quantitative estimate of drug-likeness (QED) is 0.173. The van der Waals surface area contributed by atoms with Gasteiger partial charge in [0, 0.05) is 6.42 Å². The molecule has 8 unspecified atom stereocenters. The van der Waals surface area contributed by atoms with E-state index in [0.717, 1.165) is 55.3 Å². The molecule has 3 fully saturated rings. The molecule has 2 N–H and O–H groups in total. The molecular weight excluding hydrogens is 502 g/mol. The zero-order valence-electron chi connectivity index (χ0n) is 26.4. The van der Waals surface area contributed by atoms with E-state index in [0.29, 0.717) is 5.41 Å². The lowest BCUT2D eigenvalue weighted by molar-refractivity contribution is -0.155. The largest absolute Gasteiger partial charge is 0.460 e. The minimum absolute atomic E-state index is 0.188. The van der Waals surface area contributed by atoms with Crippen molar-refractivity contribution in [3.8, 4) is 0 Å². The van der Waals surface area contributed by atoms with Gasteiger partial charge in [-0.1, -0.05) is 58.6 Å². The number of esters is 1. The molecule has 6 heteroatoms. The summed E-state index contributed by atoms with van der Waals surface area (Å²) in [5, 5.41) is 12.2.